The van der Waals surface area contributed by atoms with Crippen LogP contribution in [0.5, 0.6) is 17.2 Å². The number of benzene rings is 3. The van der Waals surface area contributed by atoms with E-state index in [-0.39, 0.29) is 12.7 Å². The van der Waals surface area contributed by atoms with Crippen LogP contribution in [0, 0.1) is 0 Å². The Labute approximate surface area is 189 Å². The minimum Gasteiger partial charge on any atom is -0.497 e. The number of carbonyl (C=O) groups is 1. The molecule has 3 aromatic rings. The number of rotatable bonds is 8. The summed E-state index contributed by atoms with van der Waals surface area (Å²) in [6, 6.07) is 19.2. The number of amides is 1. The van der Waals surface area contributed by atoms with Crippen LogP contribution in [0.1, 0.15) is 21.5 Å². The van der Waals surface area contributed by atoms with E-state index in [0.29, 0.717) is 18.7 Å². The Kier molecular flexibility index (Phi) is 6.62. The van der Waals surface area contributed by atoms with Crippen molar-refractivity contribution in [2.75, 3.05) is 25.8 Å². The molecule has 160 valence electrons. The van der Waals surface area contributed by atoms with E-state index < -0.39 is 0 Å². The van der Waals surface area contributed by atoms with Crippen LogP contribution in [0.4, 0.5) is 5.69 Å². The SMILES string of the molecule is COc1ccc(CCNC(=O)c2ccccc2NCc2cc3c(cc2Br)OCO3)cc1. The number of hydrogen-bond donors (Lipinski definition) is 2. The van der Waals surface area contributed by atoms with Gasteiger partial charge in [-0.15, -0.1) is 0 Å². The standard InChI is InChI=1S/C24H23BrN2O4/c1-29-18-8-6-16(7-9-18)10-11-26-24(28)19-4-2-3-5-21(19)27-14-17-12-22-23(13-20(17)25)31-15-30-22/h2-9,12-13,27H,10-11,14-15H2,1H3,(H,26,28). The lowest BCUT2D eigenvalue weighted by atomic mass is 10.1. The van der Waals surface area contributed by atoms with Crippen molar-refractivity contribution in [3.8, 4) is 17.2 Å². The van der Waals surface area contributed by atoms with Crippen LogP contribution in [0.2, 0.25) is 0 Å². The highest BCUT2D eigenvalue weighted by Gasteiger charge is 2.17. The fourth-order valence-corrected chi connectivity index (χ4v) is 3.79. The van der Waals surface area contributed by atoms with E-state index in [4.69, 9.17) is 14.2 Å². The molecule has 2 N–H and O–H groups in total. The van der Waals surface area contributed by atoms with Crippen LogP contribution in [0.15, 0.2) is 65.1 Å². The van der Waals surface area contributed by atoms with Crippen molar-refractivity contribution in [2.45, 2.75) is 13.0 Å². The number of hydrogen-bond acceptors (Lipinski definition) is 5. The minimum atomic E-state index is -0.110. The number of para-hydroxylation sites is 1. The second-order valence-electron chi connectivity index (χ2n) is 7.05. The van der Waals surface area contributed by atoms with Crippen molar-refractivity contribution in [3.63, 3.8) is 0 Å². The van der Waals surface area contributed by atoms with E-state index in [2.05, 4.69) is 26.6 Å². The second-order valence-corrected chi connectivity index (χ2v) is 7.90. The first-order chi connectivity index (χ1) is 15.1. The molecule has 0 spiro atoms. The average Bonchev–Trinajstić information content (AvgIpc) is 3.25. The molecular formula is C24H23BrN2O4. The Balaban J connectivity index is 1.37. The first-order valence-corrected chi connectivity index (χ1v) is 10.8. The third kappa shape index (κ3) is 5.11. The number of carbonyl (C=O) groups excluding carboxylic acids is 1. The van der Waals surface area contributed by atoms with E-state index in [1.807, 2.05) is 60.7 Å². The molecule has 3 aromatic carbocycles. The molecule has 0 aliphatic carbocycles. The van der Waals surface area contributed by atoms with Crippen LogP contribution < -0.4 is 24.8 Å². The van der Waals surface area contributed by atoms with Crippen molar-refractivity contribution in [1.29, 1.82) is 0 Å². The minimum absolute atomic E-state index is 0.110. The fraction of sp³-hybridized carbons (Fsp3) is 0.208. The molecule has 1 aliphatic heterocycles. The van der Waals surface area contributed by atoms with Gasteiger partial charge in [0, 0.05) is 23.2 Å². The Hall–Kier alpha value is -3.19. The van der Waals surface area contributed by atoms with E-state index in [1.165, 1.54) is 0 Å². The number of halogens is 1. The number of anilines is 1. The van der Waals surface area contributed by atoms with Gasteiger partial charge in [-0.25, -0.2) is 0 Å². The summed E-state index contributed by atoms with van der Waals surface area (Å²) in [6.07, 6.45) is 0.746. The predicted molar refractivity (Wildman–Crippen MR) is 123 cm³/mol. The molecule has 0 saturated heterocycles. The second kappa shape index (κ2) is 9.75. The van der Waals surface area contributed by atoms with E-state index in [1.54, 1.807) is 7.11 Å². The quantitative estimate of drug-likeness (QED) is 0.483. The van der Waals surface area contributed by atoms with E-state index in [0.717, 1.165) is 45.0 Å². The topological polar surface area (TPSA) is 68.8 Å². The maximum Gasteiger partial charge on any atom is 0.253 e. The monoisotopic (exact) mass is 482 g/mol. The molecule has 0 aromatic heterocycles. The van der Waals surface area contributed by atoms with Gasteiger partial charge in [0.15, 0.2) is 11.5 Å². The van der Waals surface area contributed by atoms with Gasteiger partial charge < -0.3 is 24.8 Å². The smallest absolute Gasteiger partial charge is 0.253 e. The van der Waals surface area contributed by atoms with Gasteiger partial charge in [-0.2, -0.15) is 0 Å². The lowest BCUT2D eigenvalue weighted by Crippen LogP contribution is -2.26. The normalized spacial score (nSPS) is 11.8. The molecular weight excluding hydrogens is 460 g/mol. The number of ether oxygens (including phenoxy) is 3. The molecule has 6 nitrogen and oxygen atoms in total. The summed E-state index contributed by atoms with van der Waals surface area (Å²) in [5.41, 5.74) is 3.53. The molecule has 1 amide bonds. The van der Waals surface area contributed by atoms with Crippen LogP contribution in [-0.2, 0) is 13.0 Å². The molecule has 0 saturated carbocycles. The van der Waals surface area contributed by atoms with Crippen LogP contribution in [0.3, 0.4) is 0 Å². The summed E-state index contributed by atoms with van der Waals surface area (Å²) in [7, 11) is 1.64. The molecule has 7 heteroatoms. The molecule has 1 aliphatic rings. The Morgan fingerprint density at radius 3 is 2.58 bits per heavy atom. The summed E-state index contributed by atoms with van der Waals surface area (Å²) in [5, 5.41) is 6.37. The summed E-state index contributed by atoms with van der Waals surface area (Å²) < 4.78 is 17.0. The molecule has 0 unspecified atom stereocenters. The molecule has 31 heavy (non-hydrogen) atoms. The van der Waals surface area contributed by atoms with Gasteiger partial charge in [-0.1, -0.05) is 40.2 Å². The van der Waals surface area contributed by atoms with Crippen molar-refractivity contribution in [1.82, 2.24) is 5.32 Å². The fourth-order valence-electron chi connectivity index (χ4n) is 3.33. The van der Waals surface area contributed by atoms with Crippen LogP contribution in [0.25, 0.3) is 0 Å². The van der Waals surface area contributed by atoms with Gasteiger partial charge in [0.05, 0.1) is 12.7 Å². The largest absolute Gasteiger partial charge is 0.497 e. The van der Waals surface area contributed by atoms with Crippen molar-refractivity contribution in [3.05, 3.63) is 81.8 Å². The Morgan fingerprint density at radius 2 is 1.81 bits per heavy atom. The zero-order valence-electron chi connectivity index (χ0n) is 17.1. The lowest BCUT2D eigenvalue weighted by Gasteiger charge is -2.13. The zero-order chi connectivity index (χ0) is 21.6. The van der Waals surface area contributed by atoms with Crippen LogP contribution in [-0.4, -0.2) is 26.4 Å². The van der Waals surface area contributed by atoms with Crippen molar-refractivity contribution >= 4 is 27.5 Å². The summed E-state index contributed by atoms with van der Waals surface area (Å²) in [4.78, 5) is 12.8. The van der Waals surface area contributed by atoms with Gasteiger partial charge in [0.2, 0.25) is 6.79 Å². The number of nitrogens with one attached hydrogen (secondary N) is 2. The van der Waals surface area contributed by atoms with Gasteiger partial charge in [-0.05, 0) is 53.9 Å². The van der Waals surface area contributed by atoms with E-state index >= 15 is 0 Å². The highest BCUT2D eigenvalue weighted by Crippen LogP contribution is 2.37. The molecule has 4 rings (SSSR count). The third-order valence-electron chi connectivity index (χ3n) is 5.04. The number of methoxy groups -OCH3 is 1. The van der Waals surface area contributed by atoms with Gasteiger partial charge in [-0.3, -0.25) is 4.79 Å². The Bertz CT molecular complexity index is 1070. The van der Waals surface area contributed by atoms with Gasteiger partial charge in [0.25, 0.3) is 5.91 Å². The molecule has 1 heterocycles. The predicted octanol–water partition coefficient (Wildman–Crippen LogP) is 4.77. The highest BCUT2D eigenvalue weighted by atomic mass is 79.9. The molecule has 0 bridgehead atoms. The zero-order valence-corrected chi connectivity index (χ0v) is 18.7. The average molecular weight is 483 g/mol. The molecule has 0 fully saturated rings. The summed E-state index contributed by atoms with van der Waals surface area (Å²) >= 11 is 3.57. The van der Waals surface area contributed by atoms with Crippen molar-refractivity contribution in [2.24, 2.45) is 0 Å². The maximum absolute atomic E-state index is 12.8. The van der Waals surface area contributed by atoms with E-state index in [9.17, 15) is 4.79 Å². The lowest BCUT2D eigenvalue weighted by molar-refractivity contribution is 0.0955. The van der Waals surface area contributed by atoms with Gasteiger partial charge in [0.1, 0.15) is 5.75 Å². The first-order valence-electron chi connectivity index (χ1n) is 9.96. The first kappa shape index (κ1) is 21.1. The van der Waals surface area contributed by atoms with Crippen molar-refractivity contribution < 1.29 is 19.0 Å². The number of fused-ring (bicyclic) bond motifs is 1. The highest BCUT2D eigenvalue weighted by molar-refractivity contribution is 9.10. The molecule has 0 radical (unpaired) electrons. The maximum atomic E-state index is 12.8. The van der Waals surface area contributed by atoms with Gasteiger partial charge >= 0.3 is 0 Å². The summed E-state index contributed by atoms with van der Waals surface area (Å²) in [6.45, 7) is 1.32. The molecule has 0 atom stereocenters. The third-order valence-corrected chi connectivity index (χ3v) is 5.78. The van der Waals surface area contributed by atoms with Crippen LogP contribution >= 0.6 is 15.9 Å². The Morgan fingerprint density at radius 1 is 1.06 bits per heavy atom. The summed E-state index contributed by atoms with van der Waals surface area (Å²) in [5.74, 6) is 2.17.